The SMILES string of the molecule is CSc1ccc(C=CC(=O)c2ccc(OC(C)(C)C(=O)O)cc2)cc1. The molecule has 0 radical (unpaired) electrons. The second-order valence-electron chi connectivity index (χ2n) is 5.91. The minimum atomic E-state index is -1.33. The van der Waals surface area contributed by atoms with Crippen LogP contribution in [0.5, 0.6) is 5.75 Å². The molecule has 0 heterocycles. The molecule has 0 atom stereocenters. The number of carbonyl (C=O) groups excluding carboxylic acids is 1. The molecule has 0 aliphatic heterocycles. The van der Waals surface area contributed by atoms with Crippen molar-refractivity contribution in [3.8, 4) is 5.75 Å². The Hall–Kier alpha value is -2.53. The van der Waals surface area contributed by atoms with Crippen LogP contribution in [0.25, 0.3) is 6.08 Å². The maximum Gasteiger partial charge on any atom is 0.347 e. The van der Waals surface area contributed by atoms with Crippen LogP contribution in [-0.4, -0.2) is 28.7 Å². The molecule has 0 aromatic heterocycles. The van der Waals surface area contributed by atoms with Gasteiger partial charge in [-0.25, -0.2) is 4.79 Å². The maximum atomic E-state index is 12.2. The van der Waals surface area contributed by atoms with Crippen molar-refractivity contribution in [3.05, 3.63) is 65.7 Å². The minimum absolute atomic E-state index is 0.127. The van der Waals surface area contributed by atoms with Gasteiger partial charge in [-0.1, -0.05) is 18.2 Å². The summed E-state index contributed by atoms with van der Waals surface area (Å²) in [4.78, 5) is 24.5. The highest BCUT2D eigenvalue weighted by atomic mass is 32.2. The van der Waals surface area contributed by atoms with E-state index in [-0.39, 0.29) is 5.78 Å². The molecule has 0 fully saturated rings. The summed E-state index contributed by atoms with van der Waals surface area (Å²) in [6.45, 7) is 2.94. The third-order valence-corrected chi connectivity index (χ3v) is 4.31. The number of hydrogen-bond acceptors (Lipinski definition) is 4. The molecular formula is C20H20O4S. The predicted octanol–water partition coefficient (Wildman–Crippen LogP) is 4.55. The molecule has 5 heteroatoms. The first-order valence-corrected chi connectivity index (χ1v) is 8.93. The van der Waals surface area contributed by atoms with Crippen molar-refractivity contribution in [2.75, 3.05) is 6.26 Å². The molecule has 0 saturated carbocycles. The first-order valence-electron chi connectivity index (χ1n) is 7.71. The summed E-state index contributed by atoms with van der Waals surface area (Å²) in [5.41, 5.74) is 0.140. The molecule has 130 valence electrons. The molecule has 2 aromatic rings. The highest BCUT2D eigenvalue weighted by Gasteiger charge is 2.29. The van der Waals surface area contributed by atoms with Gasteiger partial charge in [0.05, 0.1) is 0 Å². The zero-order valence-electron chi connectivity index (χ0n) is 14.4. The highest BCUT2D eigenvalue weighted by molar-refractivity contribution is 7.98. The second kappa shape index (κ2) is 8.03. The molecule has 0 bridgehead atoms. The van der Waals surface area contributed by atoms with E-state index >= 15 is 0 Å². The summed E-state index contributed by atoms with van der Waals surface area (Å²) in [5, 5.41) is 9.07. The van der Waals surface area contributed by atoms with Gasteiger partial charge in [-0.15, -0.1) is 11.8 Å². The standard InChI is InChI=1S/C20H20O4S/c1-20(2,19(22)23)24-16-9-7-15(8-10-16)18(21)13-6-14-4-11-17(25-3)12-5-14/h4-13H,1-3H3,(H,22,23). The Bertz CT molecular complexity index is 774. The Labute approximate surface area is 151 Å². The number of carbonyl (C=O) groups is 2. The Balaban J connectivity index is 2.04. The largest absolute Gasteiger partial charge is 0.478 e. The van der Waals surface area contributed by atoms with Gasteiger partial charge in [0.2, 0.25) is 0 Å². The average Bonchev–Trinajstić information content (AvgIpc) is 2.60. The van der Waals surface area contributed by atoms with Gasteiger partial charge in [0.25, 0.3) is 0 Å². The van der Waals surface area contributed by atoms with Crippen LogP contribution in [-0.2, 0) is 4.79 Å². The molecule has 4 nitrogen and oxygen atoms in total. The van der Waals surface area contributed by atoms with Gasteiger partial charge in [0, 0.05) is 10.5 Å². The quantitative estimate of drug-likeness (QED) is 0.448. The van der Waals surface area contributed by atoms with E-state index in [1.54, 1.807) is 42.1 Å². The Kier molecular flexibility index (Phi) is 6.04. The topological polar surface area (TPSA) is 63.6 Å². The van der Waals surface area contributed by atoms with Crippen LogP contribution in [0.2, 0.25) is 0 Å². The van der Waals surface area contributed by atoms with Crippen molar-refractivity contribution in [1.82, 2.24) is 0 Å². The molecule has 0 aliphatic carbocycles. The number of allylic oxidation sites excluding steroid dienone is 1. The number of ether oxygens (including phenoxy) is 1. The van der Waals surface area contributed by atoms with Crippen LogP contribution in [0.4, 0.5) is 0 Å². The monoisotopic (exact) mass is 356 g/mol. The van der Waals surface area contributed by atoms with Crippen molar-refractivity contribution in [2.24, 2.45) is 0 Å². The lowest BCUT2D eigenvalue weighted by Gasteiger charge is -2.21. The Morgan fingerprint density at radius 2 is 1.64 bits per heavy atom. The zero-order valence-corrected chi connectivity index (χ0v) is 15.2. The van der Waals surface area contributed by atoms with Gasteiger partial charge in [-0.05, 0) is 68.1 Å². The molecule has 0 amide bonds. The lowest BCUT2D eigenvalue weighted by molar-refractivity contribution is -0.152. The molecular weight excluding hydrogens is 336 g/mol. The van der Waals surface area contributed by atoms with Crippen LogP contribution in [0, 0.1) is 0 Å². The van der Waals surface area contributed by atoms with E-state index in [0.29, 0.717) is 11.3 Å². The molecule has 2 rings (SSSR count). The van der Waals surface area contributed by atoms with E-state index in [4.69, 9.17) is 9.84 Å². The van der Waals surface area contributed by atoms with Gasteiger partial charge in [0.1, 0.15) is 5.75 Å². The van der Waals surface area contributed by atoms with Crippen LogP contribution in [0.15, 0.2) is 59.5 Å². The van der Waals surface area contributed by atoms with Gasteiger partial charge < -0.3 is 9.84 Å². The fourth-order valence-corrected chi connectivity index (χ4v) is 2.42. The number of benzene rings is 2. The number of aliphatic carboxylic acids is 1. The number of ketones is 1. The first kappa shape index (κ1) is 18.8. The number of carboxylic acid groups (broad SMARTS) is 1. The Morgan fingerprint density at radius 3 is 2.16 bits per heavy atom. The molecule has 1 N–H and O–H groups in total. The molecule has 0 unspecified atom stereocenters. The van der Waals surface area contributed by atoms with E-state index in [2.05, 4.69) is 0 Å². The number of rotatable bonds is 7. The first-order chi connectivity index (χ1) is 11.8. The lowest BCUT2D eigenvalue weighted by atomic mass is 10.1. The van der Waals surface area contributed by atoms with Crippen LogP contribution >= 0.6 is 11.8 Å². The summed E-state index contributed by atoms with van der Waals surface area (Å²) in [6.07, 6.45) is 5.30. The van der Waals surface area contributed by atoms with Crippen molar-refractivity contribution in [2.45, 2.75) is 24.3 Å². The highest BCUT2D eigenvalue weighted by Crippen LogP contribution is 2.20. The summed E-state index contributed by atoms with van der Waals surface area (Å²) in [5.74, 6) is -0.776. The van der Waals surface area contributed by atoms with Gasteiger partial charge >= 0.3 is 5.97 Å². The van der Waals surface area contributed by atoms with Gasteiger partial charge in [-0.2, -0.15) is 0 Å². The predicted molar refractivity (Wildman–Crippen MR) is 100 cm³/mol. The molecule has 2 aromatic carbocycles. The lowest BCUT2D eigenvalue weighted by Crippen LogP contribution is -2.37. The van der Waals surface area contributed by atoms with Crippen molar-refractivity contribution >= 4 is 29.6 Å². The van der Waals surface area contributed by atoms with E-state index in [1.165, 1.54) is 24.8 Å². The Morgan fingerprint density at radius 1 is 1.04 bits per heavy atom. The molecule has 0 aliphatic rings. The third kappa shape index (κ3) is 5.22. The second-order valence-corrected chi connectivity index (χ2v) is 6.79. The molecule has 25 heavy (non-hydrogen) atoms. The third-order valence-electron chi connectivity index (χ3n) is 3.57. The average molecular weight is 356 g/mol. The number of thioether (sulfide) groups is 1. The van der Waals surface area contributed by atoms with Gasteiger partial charge in [0.15, 0.2) is 11.4 Å². The summed E-state index contributed by atoms with van der Waals surface area (Å²) in [6, 6.07) is 14.4. The van der Waals surface area contributed by atoms with E-state index in [1.807, 2.05) is 30.5 Å². The normalized spacial score (nSPS) is 11.5. The van der Waals surface area contributed by atoms with Crippen molar-refractivity contribution in [1.29, 1.82) is 0 Å². The molecule has 0 spiro atoms. The van der Waals surface area contributed by atoms with Crippen LogP contribution in [0.1, 0.15) is 29.8 Å². The van der Waals surface area contributed by atoms with Crippen LogP contribution < -0.4 is 4.74 Å². The fourth-order valence-electron chi connectivity index (χ4n) is 2.01. The molecule has 0 saturated heterocycles. The van der Waals surface area contributed by atoms with E-state index in [0.717, 1.165) is 5.56 Å². The minimum Gasteiger partial charge on any atom is -0.478 e. The maximum absolute atomic E-state index is 12.2. The van der Waals surface area contributed by atoms with Crippen molar-refractivity contribution < 1.29 is 19.4 Å². The smallest absolute Gasteiger partial charge is 0.347 e. The summed E-state index contributed by atoms with van der Waals surface area (Å²) >= 11 is 1.67. The van der Waals surface area contributed by atoms with E-state index < -0.39 is 11.6 Å². The number of hydrogen-bond donors (Lipinski definition) is 1. The number of carboxylic acids is 1. The fraction of sp³-hybridized carbons (Fsp3) is 0.200. The van der Waals surface area contributed by atoms with Crippen molar-refractivity contribution in [3.63, 3.8) is 0 Å². The van der Waals surface area contributed by atoms with E-state index in [9.17, 15) is 9.59 Å². The summed E-state index contributed by atoms with van der Waals surface area (Å²) < 4.78 is 5.42. The zero-order chi connectivity index (χ0) is 18.4. The van der Waals surface area contributed by atoms with Gasteiger partial charge in [-0.3, -0.25) is 4.79 Å². The summed E-state index contributed by atoms with van der Waals surface area (Å²) in [7, 11) is 0. The van der Waals surface area contributed by atoms with Crippen LogP contribution in [0.3, 0.4) is 0 Å².